The van der Waals surface area contributed by atoms with Crippen molar-refractivity contribution in [3.8, 4) is 5.75 Å². The molecule has 1 fully saturated rings. The largest absolute Gasteiger partial charge is 0.490 e. The Morgan fingerprint density at radius 3 is 2.62 bits per heavy atom. The van der Waals surface area contributed by atoms with Crippen molar-refractivity contribution in [3.63, 3.8) is 0 Å². The summed E-state index contributed by atoms with van der Waals surface area (Å²) in [6.07, 6.45) is 8.89. The maximum absolute atomic E-state index is 12.4. The molecule has 34 heavy (non-hydrogen) atoms. The number of fused-ring (bicyclic) bond motifs is 1. The van der Waals surface area contributed by atoms with E-state index in [-0.39, 0.29) is 11.9 Å². The number of ether oxygens (including phenoxy) is 1. The van der Waals surface area contributed by atoms with E-state index in [0.717, 1.165) is 50.3 Å². The maximum Gasteiger partial charge on any atom is 0.214 e. The number of benzene rings is 1. The molecule has 0 bridgehead atoms. The first-order valence-corrected chi connectivity index (χ1v) is 14.2. The van der Waals surface area contributed by atoms with E-state index in [9.17, 15) is 8.42 Å². The van der Waals surface area contributed by atoms with Crippen molar-refractivity contribution >= 4 is 21.4 Å². The number of anilines is 1. The number of nitrogens with zero attached hydrogens (tertiary/aromatic N) is 3. The van der Waals surface area contributed by atoms with Crippen molar-refractivity contribution in [2.45, 2.75) is 52.1 Å². The Morgan fingerprint density at radius 2 is 1.94 bits per heavy atom. The van der Waals surface area contributed by atoms with Gasteiger partial charge in [0, 0.05) is 38.8 Å². The fourth-order valence-electron chi connectivity index (χ4n) is 5.44. The van der Waals surface area contributed by atoms with Crippen LogP contribution in [0.2, 0.25) is 0 Å². The van der Waals surface area contributed by atoms with Crippen molar-refractivity contribution in [3.05, 3.63) is 59.3 Å². The van der Waals surface area contributed by atoms with Gasteiger partial charge in [0.25, 0.3) is 0 Å². The quantitative estimate of drug-likeness (QED) is 0.610. The van der Waals surface area contributed by atoms with Gasteiger partial charge in [-0.05, 0) is 79.0 Å². The minimum atomic E-state index is -3.13. The van der Waals surface area contributed by atoms with Gasteiger partial charge in [0.15, 0.2) is 0 Å². The number of hydrogen-bond acceptors (Lipinski definition) is 5. The first-order valence-electron chi connectivity index (χ1n) is 12.6. The third-order valence-electron chi connectivity index (χ3n) is 7.44. The third kappa shape index (κ3) is 4.86. The molecule has 4 heterocycles. The van der Waals surface area contributed by atoms with Crippen LogP contribution in [0.3, 0.4) is 0 Å². The van der Waals surface area contributed by atoms with Crippen LogP contribution < -0.4 is 9.64 Å². The Hall–Kier alpha value is -2.38. The van der Waals surface area contributed by atoms with Gasteiger partial charge in [-0.1, -0.05) is 25.1 Å². The highest BCUT2D eigenvalue weighted by molar-refractivity contribution is 7.89. The van der Waals surface area contributed by atoms with Crippen LogP contribution in [0.25, 0.3) is 5.57 Å². The predicted octanol–water partition coefficient (Wildman–Crippen LogP) is 4.44. The first-order chi connectivity index (χ1) is 16.4. The minimum Gasteiger partial charge on any atom is -0.490 e. The molecule has 1 aromatic heterocycles. The number of pyridine rings is 1. The lowest BCUT2D eigenvalue weighted by Crippen LogP contribution is -2.39. The lowest BCUT2D eigenvalue weighted by atomic mass is 9.88. The molecule has 3 aliphatic heterocycles. The summed E-state index contributed by atoms with van der Waals surface area (Å²) < 4.78 is 32.7. The first kappa shape index (κ1) is 23.4. The fourth-order valence-corrected chi connectivity index (χ4v) is 6.88. The Bertz CT molecular complexity index is 1150. The predicted molar refractivity (Wildman–Crippen MR) is 137 cm³/mol. The normalized spacial score (nSPS) is 21.8. The number of aromatic nitrogens is 1. The summed E-state index contributed by atoms with van der Waals surface area (Å²) in [5.74, 6) is 2.88. The number of rotatable bonds is 6. The van der Waals surface area contributed by atoms with E-state index in [1.807, 2.05) is 13.1 Å². The summed E-state index contributed by atoms with van der Waals surface area (Å²) in [6, 6.07) is 10.8. The number of aryl methyl sites for hydroxylation is 1. The summed E-state index contributed by atoms with van der Waals surface area (Å²) in [7, 11) is -3.13. The Morgan fingerprint density at radius 1 is 1.12 bits per heavy atom. The lowest BCUT2D eigenvalue weighted by Gasteiger charge is -2.35. The molecule has 1 saturated heterocycles. The van der Waals surface area contributed by atoms with Gasteiger partial charge in [-0.3, -0.25) is 0 Å². The van der Waals surface area contributed by atoms with E-state index >= 15 is 0 Å². The second-order valence-electron chi connectivity index (χ2n) is 9.85. The maximum atomic E-state index is 12.4. The molecule has 7 heteroatoms. The van der Waals surface area contributed by atoms with Crippen molar-refractivity contribution in [1.29, 1.82) is 0 Å². The highest BCUT2D eigenvalue weighted by Crippen LogP contribution is 2.38. The van der Waals surface area contributed by atoms with Crippen molar-refractivity contribution < 1.29 is 13.2 Å². The Kier molecular flexibility index (Phi) is 6.67. The molecular weight excluding hydrogens is 446 g/mol. The van der Waals surface area contributed by atoms with Crippen LogP contribution in [0.4, 0.5) is 5.82 Å². The fraction of sp³-hybridized carbons (Fsp3) is 0.519. The standard InChI is InChI=1S/C27H35N3O3S/c1-3-16-34(31,32)30-14-10-21(11-15-30)23-5-6-25-24(17-23)18-26(33-25)22-8-12-29(13-9-22)27-7-4-20(2)19-28-27/h4-7,10,17,19,22,26H,3,8-9,11-16,18H2,1-2H3. The van der Waals surface area contributed by atoms with Crippen LogP contribution in [-0.2, 0) is 16.4 Å². The minimum absolute atomic E-state index is 0.230. The second kappa shape index (κ2) is 9.70. The average Bonchev–Trinajstić information content (AvgIpc) is 3.28. The summed E-state index contributed by atoms with van der Waals surface area (Å²) in [5.41, 5.74) is 4.92. The van der Waals surface area contributed by atoms with E-state index in [1.54, 1.807) is 4.31 Å². The lowest BCUT2D eigenvalue weighted by molar-refractivity contribution is 0.139. The number of sulfonamides is 1. The molecule has 0 radical (unpaired) electrons. The molecule has 2 aromatic rings. The third-order valence-corrected chi connectivity index (χ3v) is 9.49. The van der Waals surface area contributed by atoms with Crippen LogP contribution in [0, 0.1) is 12.8 Å². The van der Waals surface area contributed by atoms with E-state index in [2.05, 4.69) is 53.2 Å². The van der Waals surface area contributed by atoms with Crippen LogP contribution in [-0.4, -0.2) is 55.7 Å². The van der Waals surface area contributed by atoms with Crippen molar-refractivity contribution in [1.82, 2.24) is 9.29 Å². The van der Waals surface area contributed by atoms with Gasteiger partial charge >= 0.3 is 0 Å². The second-order valence-corrected chi connectivity index (χ2v) is 11.9. The van der Waals surface area contributed by atoms with Gasteiger partial charge in [-0.2, -0.15) is 4.31 Å². The van der Waals surface area contributed by atoms with Gasteiger partial charge < -0.3 is 9.64 Å². The smallest absolute Gasteiger partial charge is 0.214 e. The summed E-state index contributed by atoms with van der Waals surface area (Å²) >= 11 is 0. The molecular formula is C27H35N3O3S. The monoisotopic (exact) mass is 481 g/mol. The van der Waals surface area contributed by atoms with Gasteiger partial charge in [0.05, 0.1) is 5.75 Å². The molecule has 0 spiro atoms. The molecule has 5 rings (SSSR count). The topological polar surface area (TPSA) is 62.7 Å². The summed E-state index contributed by atoms with van der Waals surface area (Å²) in [6.45, 7) is 7.06. The van der Waals surface area contributed by atoms with E-state index in [4.69, 9.17) is 4.74 Å². The molecule has 0 saturated carbocycles. The number of hydrogen-bond donors (Lipinski definition) is 0. The molecule has 0 aliphatic carbocycles. The van der Waals surface area contributed by atoms with Crippen molar-refractivity contribution in [2.75, 3.05) is 36.8 Å². The Labute approximate surface area is 203 Å². The molecule has 0 amide bonds. The van der Waals surface area contributed by atoms with E-state index in [1.165, 1.54) is 22.3 Å². The van der Waals surface area contributed by atoms with Gasteiger partial charge in [0.1, 0.15) is 17.7 Å². The van der Waals surface area contributed by atoms with Crippen LogP contribution in [0.1, 0.15) is 49.3 Å². The SMILES string of the molecule is CCCS(=O)(=O)N1CC=C(c2ccc3c(c2)CC(C2CCN(c4ccc(C)cn4)CC2)O3)CC1. The molecule has 182 valence electrons. The van der Waals surface area contributed by atoms with Crippen LogP contribution in [0.15, 0.2) is 42.6 Å². The molecule has 1 unspecified atom stereocenters. The van der Waals surface area contributed by atoms with Crippen LogP contribution in [0.5, 0.6) is 5.75 Å². The van der Waals surface area contributed by atoms with Gasteiger partial charge in [-0.15, -0.1) is 0 Å². The number of piperidine rings is 1. The highest BCUT2D eigenvalue weighted by atomic mass is 32.2. The summed E-state index contributed by atoms with van der Waals surface area (Å²) in [5, 5.41) is 0. The van der Waals surface area contributed by atoms with Crippen LogP contribution >= 0.6 is 0 Å². The zero-order chi connectivity index (χ0) is 23.7. The molecule has 0 N–H and O–H groups in total. The summed E-state index contributed by atoms with van der Waals surface area (Å²) in [4.78, 5) is 6.98. The Balaban J connectivity index is 1.19. The molecule has 1 atom stereocenters. The molecule has 6 nitrogen and oxygen atoms in total. The van der Waals surface area contributed by atoms with Crippen molar-refractivity contribution in [2.24, 2.45) is 5.92 Å². The van der Waals surface area contributed by atoms with E-state index < -0.39 is 10.0 Å². The highest BCUT2D eigenvalue weighted by Gasteiger charge is 2.33. The zero-order valence-corrected chi connectivity index (χ0v) is 21.1. The van der Waals surface area contributed by atoms with Gasteiger partial charge in [0.2, 0.25) is 10.0 Å². The molecule has 1 aromatic carbocycles. The molecule has 3 aliphatic rings. The zero-order valence-electron chi connectivity index (χ0n) is 20.2. The average molecular weight is 482 g/mol. The van der Waals surface area contributed by atoms with Gasteiger partial charge in [-0.25, -0.2) is 13.4 Å². The van der Waals surface area contributed by atoms with E-state index in [0.29, 0.717) is 25.4 Å².